The van der Waals surface area contributed by atoms with E-state index in [2.05, 4.69) is 16.0 Å². The van der Waals surface area contributed by atoms with Gasteiger partial charge in [-0.3, -0.25) is 29.4 Å². The van der Waals surface area contributed by atoms with Gasteiger partial charge in [-0.1, -0.05) is 12.1 Å². The molecule has 3 N–H and O–H groups in total. The first-order chi connectivity index (χ1) is 13.5. The zero-order valence-electron chi connectivity index (χ0n) is 15.5. The van der Waals surface area contributed by atoms with Gasteiger partial charge in [-0.2, -0.15) is 0 Å². The Morgan fingerprint density at radius 3 is 2.75 bits per heavy atom. The standard InChI is InChI=1S/C19H22N4O5/c1-28-14-9-20-8-12(14)21-7-10-3-2-4-11-16(10)19(27)23(18(11)26)13-5-6-15(24)22-17(13)25/h2-4,12-14,20-21H,5-9H2,1H3,(H,22,24,25)/t12-,13?,14+/m0/s1. The molecule has 9 heteroatoms. The maximum atomic E-state index is 13.0. The molecule has 0 radical (unpaired) electrons. The Kier molecular flexibility index (Phi) is 4.96. The topological polar surface area (TPSA) is 117 Å². The molecule has 3 aliphatic rings. The molecule has 3 aliphatic heterocycles. The average Bonchev–Trinajstić information content (AvgIpc) is 3.24. The largest absolute Gasteiger partial charge is 0.378 e. The maximum Gasteiger partial charge on any atom is 0.262 e. The smallest absolute Gasteiger partial charge is 0.262 e. The lowest BCUT2D eigenvalue weighted by molar-refractivity contribution is -0.136. The summed E-state index contributed by atoms with van der Waals surface area (Å²) in [5.41, 5.74) is 1.32. The van der Waals surface area contributed by atoms with Gasteiger partial charge in [0.2, 0.25) is 11.8 Å². The van der Waals surface area contributed by atoms with Crippen LogP contribution in [0.15, 0.2) is 18.2 Å². The highest BCUT2D eigenvalue weighted by Gasteiger charge is 2.45. The van der Waals surface area contributed by atoms with Crippen LogP contribution in [-0.2, 0) is 20.9 Å². The number of nitrogens with one attached hydrogen (secondary N) is 3. The van der Waals surface area contributed by atoms with Gasteiger partial charge in [0.05, 0.1) is 17.2 Å². The van der Waals surface area contributed by atoms with E-state index in [1.54, 1.807) is 25.3 Å². The van der Waals surface area contributed by atoms with Gasteiger partial charge >= 0.3 is 0 Å². The number of rotatable bonds is 5. The summed E-state index contributed by atoms with van der Waals surface area (Å²) in [6, 6.07) is 4.27. The van der Waals surface area contributed by atoms with Gasteiger partial charge in [-0.15, -0.1) is 0 Å². The monoisotopic (exact) mass is 386 g/mol. The van der Waals surface area contributed by atoms with Crippen LogP contribution in [0.3, 0.4) is 0 Å². The van der Waals surface area contributed by atoms with Gasteiger partial charge in [0, 0.05) is 39.2 Å². The number of fused-ring (bicyclic) bond motifs is 1. The van der Waals surface area contributed by atoms with E-state index < -0.39 is 23.8 Å². The molecule has 0 spiro atoms. The van der Waals surface area contributed by atoms with Crippen molar-refractivity contribution in [3.05, 3.63) is 34.9 Å². The van der Waals surface area contributed by atoms with Crippen LogP contribution in [0.1, 0.15) is 39.1 Å². The second kappa shape index (κ2) is 7.42. The molecular weight excluding hydrogens is 364 g/mol. The third-order valence-electron chi connectivity index (χ3n) is 5.57. The maximum absolute atomic E-state index is 13.0. The van der Waals surface area contributed by atoms with E-state index >= 15 is 0 Å². The summed E-state index contributed by atoms with van der Waals surface area (Å²) < 4.78 is 5.43. The van der Waals surface area contributed by atoms with Crippen LogP contribution in [0.2, 0.25) is 0 Å². The van der Waals surface area contributed by atoms with Gasteiger partial charge in [0.25, 0.3) is 11.8 Å². The molecular formula is C19H22N4O5. The van der Waals surface area contributed by atoms with E-state index in [4.69, 9.17) is 4.74 Å². The summed E-state index contributed by atoms with van der Waals surface area (Å²) >= 11 is 0. The van der Waals surface area contributed by atoms with Crippen molar-refractivity contribution in [3.63, 3.8) is 0 Å². The minimum absolute atomic E-state index is 0.0362. The minimum atomic E-state index is -0.956. The highest BCUT2D eigenvalue weighted by Crippen LogP contribution is 2.30. The molecule has 0 aromatic heterocycles. The van der Waals surface area contributed by atoms with Crippen molar-refractivity contribution >= 4 is 23.6 Å². The molecule has 3 atom stereocenters. The van der Waals surface area contributed by atoms with Crippen molar-refractivity contribution < 1.29 is 23.9 Å². The minimum Gasteiger partial charge on any atom is -0.378 e. The number of amides is 4. The van der Waals surface area contributed by atoms with Crippen molar-refractivity contribution in [2.45, 2.75) is 37.6 Å². The number of methoxy groups -OCH3 is 1. The fourth-order valence-electron chi connectivity index (χ4n) is 4.08. The Morgan fingerprint density at radius 1 is 1.18 bits per heavy atom. The summed E-state index contributed by atoms with van der Waals surface area (Å²) in [4.78, 5) is 50.4. The average molecular weight is 386 g/mol. The lowest BCUT2D eigenvalue weighted by Gasteiger charge is -2.27. The first-order valence-electron chi connectivity index (χ1n) is 9.31. The number of ether oxygens (including phenoxy) is 1. The number of carbonyl (C=O) groups is 4. The summed E-state index contributed by atoms with van der Waals surface area (Å²) in [6.45, 7) is 1.90. The predicted octanol–water partition coefficient (Wildman–Crippen LogP) is -0.836. The van der Waals surface area contributed by atoms with E-state index in [1.807, 2.05) is 0 Å². The molecule has 148 valence electrons. The number of carbonyl (C=O) groups excluding carboxylic acids is 4. The predicted molar refractivity (Wildman–Crippen MR) is 97.4 cm³/mol. The van der Waals surface area contributed by atoms with Crippen molar-refractivity contribution in [2.24, 2.45) is 0 Å². The molecule has 0 aliphatic carbocycles. The van der Waals surface area contributed by atoms with Crippen molar-refractivity contribution in [2.75, 3.05) is 20.2 Å². The second-order valence-corrected chi connectivity index (χ2v) is 7.21. The number of benzene rings is 1. The van der Waals surface area contributed by atoms with E-state index in [0.29, 0.717) is 23.2 Å². The Hall–Kier alpha value is -2.62. The van der Waals surface area contributed by atoms with Gasteiger partial charge in [0.15, 0.2) is 0 Å². The third-order valence-corrected chi connectivity index (χ3v) is 5.57. The van der Waals surface area contributed by atoms with Crippen LogP contribution >= 0.6 is 0 Å². The SMILES string of the molecule is CO[C@@H]1CNC[C@@H]1NCc1cccc2c1C(=O)N(C1CCC(=O)NC1=O)C2=O. The fraction of sp³-hybridized carbons (Fsp3) is 0.474. The number of nitrogens with zero attached hydrogens (tertiary/aromatic N) is 1. The summed E-state index contributed by atoms with van der Waals surface area (Å²) in [5, 5.41) is 8.83. The number of hydrogen-bond acceptors (Lipinski definition) is 7. The Morgan fingerprint density at radius 2 is 2.00 bits per heavy atom. The van der Waals surface area contributed by atoms with Crippen LogP contribution in [0.5, 0.6) is 0 Å². The lowest BCUT2D eigenvalue weighted by atomic mass is 10.0. The molecule has 1 aromatic carbocycles. The first-order valence-corrected chi connectivity index (χ1v) is 9.31. The van der Waals surface area contributed by atoms with Crippen molar-refractivity contribution in [1.29, 1.82) is 0 Å². The van der Waals surface area contributed by atoms with Crippen LogP contribution in [0, 0.1) is 0 Å². The zero-order chi connectivity index (χ0) is 19.8. The van der Waals surface area contributed by atoms with Crippen LogP contribution in [0.4, 0.5) is 0 Å². The molecule has 9 nitrogen and oxygen atoms in total. The molecule has 4 rings (SSSR count). The number of hydrogen-bond donors (Lipinski definition) is 3. The van der Waals surface area contributed by atoms with Crippen LogP contribution < -0.4 is 16.0 Å². The Bertz CT molecular complexity index is 855. The summed E-state index contributed by atoms with van der Waals surface area (Å²) in [6.07, 6.45) is 0.284. The number of imide groups is 2. The molecule has 3 heterocycles. The second-order valence-electron chi connectivity index (χ2n) is 7.21. The summed E-state index contributed by atoms with van der Waals surface area (Å²) in [7, 11) is 1.66. The molecule has 4 amide bonds. The van der Waals surface area contributed by atoms with E-state index in [0.717, 1.165) is 18.0 Å². The van der Waals surface area contributed by atoms with Gasteiger partial charge < -0.3 is 15.4 Å². The summed E-state index contributed by atoms with van der Waals surface area (Å²) in [5.74, 6) is -1.97. The lowest BCUT2D eigenvalue weighted by Crippen LogP contribution is -2.54. The van der Waals surface area contributed by atoms with E-state index in [-0.39, 0.29) is 30.9 Å². The van der Waals surface area contributed by atoms with Gasteiger partial charge in [0.1, 0.15) is 6.04 Å². The highest BCUT2D eigenvalue weighted by atomic mass is 16.5. The molecule has 0 saturated carbocycles. The molecule has 0 bridgehead atoms. The van der Waals surface area contributed by atoms with Crippen LogP contribution in [-0.4, -0.2) is 66.9 Å². The molecule has 1 unspecified atom stereocenters. The number of piperidine rings is 1. The molecule has 1 aromatic rings. The molecule has 2 saturated heterocycles. The Balaban J connectivity index is 1.56. The van der Waals surface area contributed by atoms with E-state index in [1.165, 1.54) is 0 Å². The van der Waals surface area contributed by atoms with Crippen molar-refractivity contribution in [3.8, 4) is 0 Å². The Labute approximate surface area is 161 Å². The van der Waals surface area contributed by atoms with Crippen LogP contribution in [0.25, 0.3) is 0 Å². The zero-order valence-corrected chi connectivity index (χ0v) is 15.5. The van der Waals surface area contributed by atoms with Gasteiger partial charge in [-0.25, -0.2) is 0 Å². The normalized spacial score (nSPS) is 27.3. The third kappa shape index (κ3) is 3.11. The fourth-order valence-corrected chi connectivity index (χ4v) is 4.08. The van der Waals surface area contributed by atoms with E-state index in [9.17, 15) is 19.2 Å². The quantitative estimate of drug-likeness (QED) is 0.565. The first kappa shape index (κ1) is 18.7. The van der Waals surface area contributed by atoms with Crippen molar-refractivity contribution in [1.82, 2.24) is 20.9 Å². The molecule has 28 heavy (non-hydrogen) atoms. The molecule has 2 fully saturated rings. The highest BCUT2D eigenvalue weighted by molar-refractivity contribution is 6.24. The van der Waals surface area contributed by atoms with Gasteiger partial charge in [-0.05, 0) is 18.1 Å².